The average molecular weight is 372 g/mol. The molecule has 0 fully saturated rings. The van der Waals surface area contributed by atoms with Crippen LogP contribution < -0.4 is 21.5 Å². The van der Waals surface area contributed by atoms with E-state index < -0.39 is 16.7 Å². The first-order valence-electron chi connectivity index (χ1n) is 8.10. The SMILES string of the molecule is CC(C)Oc1ccc(NCc2ccc(C(N)=O)cc2[N+](=O)[O-])cc1C(N)=O. The summed E-state index contributed by atoms with van der Waals surface area (Å²) in [5.41, 5.74) is 11.5. The topological polar surface area (TPSA) is 151 Å². The minimum absolute atomic E-state index is 0.0525. The highest BCUT2D eigenvalue weighted by Crippen LogP contribution is 2.26. The Kier molecular flexibility index (Phi) is 5.96. The van der Waals surface area contributed by atoms with Gasteiger partial charge in [0.05, 0.1) is 16.6 Å². The van der Waals surface area contributed by atoms with Crippen molar-refractivity contribution in [2.75, 3.05) is 5.32 Å². The molecule has 9 nitrogen and oxygen atoms in total. The lowest BCUT2D eigenvalue weighted by molar-refractivity contribution is -0.385. The Bertz CT molecular complexity index is 895. The summed E-state index contributed by atoms with van der Waals surface area (Å²) in [6.07, 6.45) is -0.131. The van der Waals surface area contributed by atoms with Crippen LogP contribution in [0.5, 0.6) is 5.75 Å². The summed E-state index contributed by atoms with van der Waals surface area (Å²) in [7, 11) is 0. The number of carbonyl (C=O) groups excluding carboxylic acids is 2. The molecule has 27 heavy (non-hydrogen) atoms. The zero-order valence-corrected chi connectivity index (χ0v) is 14.9. The third kappa shape index (κ3) is 4.94. The van der Waals surface area contributed by atoms with Gasteiger partial charge >= 0.3 is 0 Å². The molecule has 0 aromatic heterocycles. The lowest BCUT2D eigenvalue weighted by atomic mass is 10.1. The van der Waals surface area contributed by atoms with E-state index in [1.165, 1.54) is 18.2 Å². The number of anilines is 1. The minimum atomic E-state index is -0.746. The van der Waals surface area contributed by atoms with Gasteiger partial charge in [-0.15, -0.1) is 0 Å². The molecule has 0 bridgehead atoms. The standard InChI is InChI=1S/C18H20N4O5/c1-10(2)27-16-6-5-13(8-14(16)18(20)24)21-9-12-4-3-11(17(19)23)7-15(12)22(25)26/h3-8,10,21H,9H2,1-2H3,(H2,19,23)(H2,20,24). The van der Waals surface area contributed by atoms with Crippen molar-refractivity contribution in [3.8, 4) is 5.75 Å². The smallest absolute Gasteiger partial charge is 0.275 e. The van der Waals surface area contributed by atoms with Crippen molar-refractivity contribution in [3.63, 3.8) is 0 Å². The van der Waals surface area contributed by atoms with Crippen molar-refractivity contribution in [3.05, 3.63) is 63.2 Å². The molecule has 2 amide bonds. The molecule has 0 heterocycles. The van der Waals surface area contributed by atoms with E-state index in [-0.39, 0.29) is 29.5 Å². The van der Waals surface area contributed by atoms with E-state index in [1.807, 2.05) is 13.8 Å². The van der Waals surface area contributed by atoms with Crippen LogP contribution >= 0.6 is 0 Å². The minimum Gasteiger partial charge on any atom is -0.490 e. The van der Waals surface area contributed by atoms with Gasteiger partial charge in [0.25, 0.3) is 11.6 Å². The molecular weight excluding hydrogens is 352 g/mol. The summed E-state index contributed by atoms with van der Waals surface area (Å²) in [5.74, 6) is -1.03. The molecule has 0 aliphatic carbocycles. The molecule has 0 atom stereocenters. The number of amides is 2. The largest absolute Gasteiger partial charge is 0.490 e. The first-order valence-corrected chi connectivity index (χ1v) is 8.10. The van der Waals surface area contributed by atoms with Gasteiger partial charge in [0.1, 0.15) is 5.75 Å². The van der Waals surface area contributed by atoms with Crippen molar-refractivity contribution in [2.24, 2.45) is 11.5 Å². The second-order valence-corrected chi connectivity index (χ2v) is 6.06. The number of nitro groups is 1. The fourth-order valence-corrected chi connectivity index (χ4v) is 2.42. The van der Waals surface area contributed by atoms with Gasteiger partial charge in [-0.1, -0.05) is 0 Å². The lowest BCUT2D eigenvalue weighted by Gasteiger charge is -2.14. The van der Waals surface area contributed by atoms with E-state index in [0.717, 1.165) is 6.07 Å². The molecule has 0 saturated carbocycles. The molecule has 0 radical (unpaired) electrons. The fourth-order valence-electron chi connectivity index (χ4n) is 2.42. The molecule has 0 unspecified atom stereocenters. The van der Waals surface area contributed by atoms with Crippen molar-refractivity contribution < 1.29 is 19.2 Å². The maximum atomic E-state index is 11.7. The molecular formula is C18H20N4O5. The first kappa shape index (κ1) is 19.7. The Morgan fingerprint density at radius 3 is 2.41 bits per heavy atom. The number of nitro benzene ring substituents is 1. The van der Waals surface area contributed by atoms with Gasteiger partial charge in [0.15, 0.2) is 0 Å². The predicted octanol–water partition coefficient (Wildman–Crippen LogP) is 2.19. The van der Waals surface area contributed by atoms with Crippen LogP contribution in [-0.4, -0.2) is 22.8 Å². The maximum Gasteiger partial charge on any atom is 0.275 e. The molecule has 0 aliphatic heterocycles. The first-order chi connectivity index (χ1) is 12.7. The van der Waals surface area contributed by atoms with Crippen LogP contribution in [0.4, 0.5) is 11.4 Å². The van der Waals surface area contributed by atoms with Crippen LogP contribution in [0.25, 0.3) is 0 Å². The van der Waals surface area contributed by atoms with E-state index >= 15 is 0 Å². The summed E-state index contributed by atoms with van der Waals surface area (Å²) in [5, 5.41) is 14.2. The average Bonchev–Trinajstić information content (AvgIpc) is 2.59. The molecule has 2 rings (SSSR count). The third-order valence-electron chi connectivity index (χ3n) is 3.66. The highest BCUT2D eigenvalue weighted by atomic mass is 16.6. The Balaban J connectivity index is 2.26. The van der Waals surface area contributed by atoms with Crippen LogP contribution in [0.1, 0.15) is 40.1 Å². The van der Waals surface area contributed by atoms with E-state index in [4.69, 9.17) is 16.2 Å². The zero-order valence-electron chi connectivity index (χ0n) is 14.9. The fraction of sp³-hybridized carbons (Fsp3) is 0.222. The van der Waals surface area contributed by atoms with Gasteiger partial charge in [-0.25, -0.2) is 0 Å². The van der Waals surface area contributed by atoms with Gasteiger partial charge in [-0.2, -0.15) is 0 Å². The summed E-state index contributed by atoms with van der Waals surface area (Å²) < 4.78 is 5.55. The molecule has 2 aromatic carbocycles. The van der Waals surface area contributed by atoms with Crippen molar-refractivity contribution in [1.29, 1.82) is 0 Å². The maximum absolute atomic E-state index is 11.7. The number of nitrogens with zero attached hydrogens (tertiary/aromatic N) is 1. The highest BCUT2D eigenvalue weighted by Gasteiger charge is 2.17. The zero-order chi connectivity index (χ0) is 20.1. The number of ether oxygens (including phenoxy) is 1. The van der Waals surface area contributed by atoms with Crippen LogP contribution in [-0.2, 0) is 6.54 Å². The van der Waals surface area contributed by atoms with E-state index in [1.54, 1.807) is 12.1 Å². The number of nitrogens with one attached hydrogen (secondary N) is 1. The van der Waals surface area contributed by atoms with Gasteiger partial charge in [-0.3, -0.25) is 19.7 Å². The number of rotatable bonds is 8. The molecule has 0 spiro atoms. The van der Waals surface area contributed by atoms with Gasteiger partial charge < -0.3 is 21.5 Å². The highest BCUT2D eigenvalue weighted by molar-refractivity contribution is 5.96. The second-order valence-electron chi connectivity index (χ2n) is 6.06. The van der Waals surface area contributed by atoms with Crippen LogP contribution in [0.3, 0.4) is 0 Å². The molecule has 9 heteroatoms. The summed E-state index contributed by atoms with van der Waals surface area (Å²) >= 11 is 0. The van der Waals surface area contributed by atoms with Gasteiger partial charge in [0, 0.05) is 29.4 Å². The molecule has 0 aliphatic rings. The molecule has 5 N–H and O–H groups in total. The monoisotopic (exact) mass is 372 g/mol. The van der Waals surface area contributed by atoms with E-state index in [0.29, 0.717) is 17.0 Å². The molecule has 2 aromatic rings. The number of benzene rings is 2. The Morgan fingerprint density at radius 2 is 1.85 bits per heavy atom. The predicted molar refractivity (Wildman–Crippen MR) is 99.7 cm³/mol. The summed E-state index contributed by atoms with van der Waals surface area (Å²) in [4.78, 5) is 33.5. The molecule has 0 saturated heterocycles. The van der Waals surface area contributed by atoms with E-state index in [2.05, 4.69) is 5.32 Å². The Morgan fingerprint density at radius 1 is 1.15 bits per heavy atom. The quantitative estimate of drug-likeness (QED) is 0.477. The van der Waals surface area contributed by atoms with Crippen molar-refractivity contribution in [2.45, 2.75) is 26.5 Å². The van der Waals surface area contributed by atoms with Crippen LogP contribution in [0, 0.1) is 10.1 Å². The normalized spacial score (nSPS) is 10.5. The van der Waals surface area contributed by atoms with Gasteiger partial charge in [-0.05, 0) is 44.2 Å². The van der Waals surface area contributed by atoms with Crippen molar-refractivity contribution in [1.82, 2.24) is 0 Å². The van der Waals surface area contributed by atoms with E-state index in [9.17, 15) is 19.7 Å². The summed E-state index contributed by atoms with van der Waals surface area (Å²) in [6, 6.07) is 8.80. The number of hydrogen-bond acceptors (Lipinski definition) is 6. The molecule has 142 valence electrons. The second kappa shape index (κ2) is 8.17. The third-order valence-corrected chi connectivity index (χ3v) is 3.66. The number of primary amides is 2. The van der Waals surface area contributed by atoms with Crippen molar-refractivity contribution >= 4 is 23.2 Å². The summed E-state index contributed by atoms with van der Waals surface area (Å²) in [6.45, 7) is 3.75. The van der Waals surface area contributed by atoms with Crippen LogP contribution in [0.2, 0.25) is 0 Å². The number of nitrogens with two attached hydrogens (primary N) is 2. The Hall–Kier alpha value is -3.62. The Labute approximate surface area is 155 Å². The lowest BCUT2D eigenvalue weighted by Crippen LogP contribution is -2.16. The van der Waals surface area contributed by atoms with Crippen LogP contribution in [0.15, 0.2) is 36.4 Å². The van der Waals surface area contributed by atoms with Gasteiger partial charge in [0.2, 0.25) is 5.91 Å². The number of hydrogen-bond donors (Lipinski definition) is 3. The number of carbonyl (C=O) groups is 2.